The van der Waals surface area contributed by atoms with E-state index in [0.29, 0.717) is 18.6 Å². The van der Waals surface area contributed by atoms with Gasteiger partial charge in [0.25, 0.3) is 0 Å². The molecule has 2 aromatic rings. The van der Waals surface area contributed by atoms with Crippen LogP contribution in [0.15, 0.2) is 47.4 Å². The van der Waals surface area contributed by atoms with Gasteiger partial charge in [-0.3, -0.25) is 4.79 Å². The second kappa shape index (κ2) is 9.09. The van der Waals surface area contributed by atoms with Gasteiger partial charge in [0.05, 0.1) is 11.5 Å². The molecule has 1 heterocycles. The van der Waals surface area contributed by atoms with Crippen molar-refractivity contribution in [3.05, 3.63) is 58.3 Å². The summed E-state index contributed by atoms with van der Waals surface area (Å²) >= 11 is 11.9. The molecule has 0 radical (unpaired) electrons. The lowest BCUT2D eigenvalue weighted by Gasteiger charge is -2.40. The van der Waals surface area contributed by atoms with Gasteiger partial charge >= 0.3 is 0 Å². The molecule has 1 saturated heterocycles. The van der Waals surface area contributed by atoms with Gasteiger partial charge in [-0.15, -0.1) is 0 Å². The Morgan fingerprint density at radius 1 is 1.10 bits per heavy atom. The number of amides is 1. The first-order valence-corrected chi connectivity index (χ1v) is 11.4. The minimum atomic E-state index is -3.79. The fourth-order valence-electron chi connectivity index (χ4n) is 3.54. The van der Waals surface area contributed by atoms with Crippen molar-refractivity contribution in [3.63, 3.8) is 0 Å². The number of hydrogen-bond acceptors (Lipinski definition) is 4. The molecule has 6 nitrogen and oxygen atoms in total. The molecule has 162 valence electrons. The van der Waals surface area contributed by atoms with Crippen LogP contribution in [0, 0.1) is 11.2 Å². The molecule has 2 aromatic carbocycles. The Labute approximate surface area is 184 Å². The zero-order valence-electron chi connectivity index (χ0n) is 16.0. The van der Waals surface area contributed by atoms with Crippen LogP contribution >= 0.6 is 23.2 Å². The second-order valence-electron chi connectivity index (χ2n) is 7.39. The van der Waals surface area contributed by atoms with Gasteiger partial charge in [-0.2, -0.15) is 4.31 Å². The van der Waals surface area contributed by atoms with Gasteiger partial charge in [-0.05, 0) is 55.3 Å². The fraction of sp³-hybridized carbons (Fsp3) is 0.350. The minimum absolute atomic E-state index is 0.0185. The number of piperidine rings is 1. The molecule has 30 heavy (non-hydrogen) atoms. The predicted molar refractivity (Wildman–Crippen MR) is 113 cm³/mol. The van der Waals surface area contributed by atoms with E-state index in [2.05, 4.69) is 0 Å². The normalized spacial score (nSPS) is 16.9. The van der Waals surface area contributed by atoms with E-state index < -0.39 is 21.3 Å². The van der Waals surface area contributed by atoms with Gasteiger partial charge in [-0.1, -0.05) is 23.2 Å². The maximum atomic E-state index is 13.1. The molecule has 1 fully saturated rings. The maximum Gasteiger partial charge on any atom is 0.243 e. The Morgan fingerprint density at radius 2 is 1.67 bits per heavy atom. The zero-order chi connectivity index (χ0) is 21.9. The highest BCUT2D eigenvalue weighted by Gasteiger charge is 2.40. The smallest absolute Gasteiger partial charge is 0.243 e. The molecule has 0 unspecified atom stereocenters. The van der Waals surface area contributed by atoms with Crippen molar-refractivity contribution >= 4 is 39.1 Å². The molecule has 0 aliphatic carbocycles. The molecule has 1 aliphatic rings. The molecule has 10 heteroatoms. The summed E-state index contributed by atoms with van der Waals surface area (Å²) in [6.45, 7) is 0.539. The largest absolute Gasteiger partial charge is 0.493 e. The Balaban J connectivity index is 1.74. The number of primary amides is 1. The number of nitrogens with two attached hydrogens (primary N) is 1. The summed E-state index contributed by atoms with van der Waals surface area (Å²) in [4.78, 5) is 11.7. The van der Waals surface area contributed by atoms with Gasteiger partial charge in [0.15, 0.2) is 0 Å². The molecule has 1 amide bonds. The van der Waals surface area contributed by atoms with E-state index in [9.17, 15) is 17.6 Å². The topological polar surface area (TPSA) is 89.7 Å². The molecule has 0 spiro atoms. The van der Waals surface area contributed by atoms with Crippen molar-refractivity contribution in [1.82, 2.24) is 4.31 Å². The van der Waals surface area contributed by atoms with E-state index in [1.54, 1.807) is 0 Å². The first kappa shape index (κ1) is 22.8. The van der Waals surface area contributed by atoms with Crippen LogP contribution in [0.2, 0.25) is 10.0 Å². The number of benzene rings is 2. The van der Waals surface area contributed by atoms with Crippen LogP contribution < -0.4 is 10.5 Å². The van der Waals surface area contributed by atoms with E-state index in [-0.39, 0.29) is 46.9 Å². The monoisotopic (exact) mass is 474 g/mol. The summed E-state index contributed by atoms with van der Waals surface area (Å²) < 4.78 is 46.2. The van der Waals surface area contributed by atoms with E-state index in [0.717, 1.165) is 0 Å². The fourth-order valence-corrected chi connectivity index (χ4v) is 5.71. The van der Waals surface area contributed by atoms with Crippen molar-refractivity contribution in [1.29, 1.82) is 0 Å². The van der Waals surface area contributed by atoms with Crippen molar-refractivity contribution in [2.24, 2.45) is 11.1 Å². The molecule has 3 rings (SSSR count). The van der Waals surface area contributed by atoms with Crippen molar-refractivity contribution in [2.75, 3.05) is 19.7 Å². The van der Waals surface area contributed by atoms with Gasteiger partial charge in [-0.25, -0.2) is 12.8 Å². The van der Waals surface area contributed by atoms with Crippen LogP contribution in [-0.4, -0.2) is 38.3 Å². The number of carbonyl (C=O) groups excluding carboxylic acids is 1. The molecule has 0 aromatic heterocycles. The third-order valence-electron chi connectivity index (χ3n) is 5.16. The third kappa shape index (κ3) is 5.43. The van der Waals surface area contributed by atoms with Gasteiger partial charge in [0, 0.05) is 35.0 Å². The maximum absolute atomic E-state index is 13.1. The van der Waals surface area contributed by atoms with E-state index >= 15 is 0 Å². The molecular weight excluding hydrogens is 454 g/mol. The third-order valence-corrected chi connectivity index (χ3v) is 7.48. The van der Waals surface area contributed by atoms with E-state index in [1.807, 2.05) is 0 Å². The van der Waals surface area contributed by atoms with Gasteiger partial charge < -0.3 is 10.5 Å². The van der Waals surface area contributed by atoms with Crippen LogP contribution in [-0.2, 0) is 14.8 Å². The number of halogens is 3. The average Bonchev–Trinajstić information content (AvgIpc) is 2.67. The van der Waals surface area contributed by atoms with Crippen LogP contribution in [0.25, 0.3) is 0 Å². The lowest BCUT2D eigenvalue weighted by Crippen LogP contribution is -2.47. The molecular formula is C20H21Cl2FN2O4S. The highest BCUT2D eigenvalue weighted by atomic mass is 35.5. The number of nitrogens with zero attached hydrogens (tertiary/aromatic N) is 1. The predicted octanol–water partition coefficient (Wildman–Crippen LogP) is 3.86. The van der Waals surface area contributed by atoms with Crippen LogP contribution in [0.5, 0.6) is 5.75 Å². The number of ether oxygens (including phenoxy) is 1. The highest BCUT2D eigenvalue weighted by molar-refractivity contribution is 7.89. The zero-order valence-corrected chi connectivity index (χ0v) is 18.3. The van der Waals surface area contributed by atoms with Crippen molar-refractivity contribution < 1.29 is 22.3 Å². The summed E-state index contributed by atoms with van der Waals surface area (Å²) in [5.74, 6) is -0.409. The van der Waals surface area contributed by atoms with Gasteiger partial charge in [0.1, 0.15) is 11.6 Å². The minimum Gasteiger partial charge on any atom is -0.493 e. The first-order chi connectivity index (χ1) is 14.1. The lowest BCUT2D eigenvalue weighted by molar-refractivity contribution is -0.121. The number of rotatable bonds is 7. The van der Waals surface area contributed by atoms with Crippen LogP contribution in [0.3, 0.4) is 0 Å². The van der Waals surface area contributed by atoms with Crippen LogP contribution in [0.1, 0.15) is 19.3 Å². The summed E-state index contributed by atoms with van der Waals surface area (Å²) in [5.41, 5.74) is 4.82. The first-order valence-electron chi connectivity index (χ1n) is 9.23. The van der Waals surface area contributed by atoms with Crippen molar-refractivity contribution in [2.45, 2.75) is 24.2 Å². The lowest BCUT2D eigenvalue weighted by atomic mass is 9.76. The summed E-state index contributed by atoms with van der Waals surface area (Å²) in [7, 11) is -3.79. The number of hydrogen-bond donors (Lipinski definition) is 1. The molecule has 0 atom stereocenters. The van der Waals surface area contributed by atoms with E-state index in [1.165, 1.54) is 46.8 Å². The SMILES string of the molecule is NC(=O)CC1(COc2ccc(F)cc2)CCN(S(=O)(=O)c2cc(Cl)cc(Cl)c2)CC1. The second-order valence-corrected chi connectivity index (χ2v) is 10.2. The standard InChI is InChI=1S/C20H21Cl2FN2O4S/c21-14-9-15(22)11-18(10-14)30(27,28)25-7-5-20(6-8-25,12-19(24)26)13-29-17-3-1-16(23)2-4-17/h1-4,9-11H,5-8,12-13H2,(H2,24,26). The number of sulfonamides is 1. The molecule has 0 bridgehead atoms. The Bertz CT molecular complexity index is 1000. The Morgan fingerprint density at radius 3 is 2.20 bits per heavy atom. The van der Waals surface area contributed by atoms with Crippen molar-refractivity contribution in [3.8, 4) is 5.75 Å². The van der Waals surface area contributed by atoms with Crippen LogP contribution in [0.4, 0.5) is 4.39 Å². The summed E-state index contributed by atoms with van der Waals surface area (Å²) in [5, 5.41) is 0.461. The van der Waals surface area contributed by atoms with E-state index in [4.69, 9.17) is 33.7 Å². The highest BCUT2D eigenvalue weighted by Crippen LogP contribution is 2.38. The summed E-state index contributed by atoms with van der Waals surface area (Å²) in [6.07, 6.45) is 0.820. The molecule has 0 saturated carbocycles. The molecule has 2 N–H and O–H groups in total. The average molecular weight is 475 g/mol. The Kier molecular flexibility index (Phi) is 6.91. The Hall–Kier alpha value is -1.87. The number of carbonyl (C=O) groups is 1. The molecule has 1 aliphatic heterocycles. The van der Waals surface area contributed by atoms with Gasteiger partial charge in [0.2, 0.25) is 15.9 Å². The summed E-state index contributed by atoms with van der Waals surface area (Å²) in [6, 6.07) is 9.72. The quantitative estimate of drug-likeness (QED) is 0.659.